The molecule has 1 heterocycles. The van der Waals surface area contributed by atoms with E-state index in [4.69, 9.17) is 4.74 Å². The number of ketones is 2. The van der Waals surface area contributed by atoms with Gasteiger partial charge in [-0.05, 0) is 31.6 Å². The second-order valence-corrected chi connectivity index (χ2v) is 5.44. The van der Waals surface area contributed by atoms with Gasteiger partial charge in [0, 0.05) is 5.92 Å². The van der Waals surface area contributed by atoms with Crippen molar-refractivity contribution in [1.29, 1.82) is 0 Å². The van der Waals surface area contributed by atoms with Crippen LogP contribution in [0.5, 0.6) is 0 Å². The molecule has 0 amide bonds. The summed E-state index contributed by atoms with van der Waals surface area (Å²) in [6.07, 6.45) is 6.68. The Labute approximate surface area is 103 Å². The van der Waals surface area contributed by atoms with Gasteiger partial charge in [0.15, 0.2) is 5.78 Å². The van der Waals surface area contributed by atoms with E-state index in [-0.39, 0.29) is 30.0 Å². The molecule has 0 aromatic carbocycles. The number of epoxide rings is 1. The first-order valence-electron chi connectivity index (χ1n) is 6.87. The molecule has 0 aromatic rings. The molecule has 1 atom stereocenters. The number of ether oxygens (including phenoxy) is 1. The Bertz CT molecular complexity index is 286. The molecule has 1 saturated carbocycles. The highest BCUT2D eigenvalue weighted by Crippen LogP contribution is 2.32. The fourth-order valence-corrected chi connectivity index (χ4v) is 2.85. The summed E-state index contributed by atoms with van der Waals surface area (Å²) >= 11 is 0. The Balaban J connectivity index is 1.72. The van der Waals surface area contributed by atoms with Crippen LogP contribution in [0.1, 0.15) is 51.9 Å². The third kappa shape index (κ3) is 3.63. The van der Waals surface area contributed by atoms with Crippen LogP contribution in [0.15, 0.2) is 0 Å². The maximum absolute atomic E-state index is 11.9. The van der Waals surface area contributed by atoms with Gasteiger partial charge in [0.05, 0.1) is 13.0 Å². The summed E-state index contributed by atoms with van der Waals surface area (Å²) in [4.78, 5) is 23.4. The van der Waals surface area contributed by atoms with Crippen molar-refractivity contribution >= 4 is 11.6 Å². The predicted octanol–water partition coefficient (Wildman–Crippen LogP) is 2.52. The number of rotatable bonds is 6. The average Bonchev–Trinajstić information content (AvgIpc) is 3.14. The van der Waals surface area contributed by atoms with Crippen LogP contribution in [-0.4, -0.2) is 24.3 Å². The molecule has 0 spiro atoms. The van der Waals surface area contributed by atoms with E-state index >= 15 is 0 Å². The zero-order valence-corrected chi connectivity index (χ0v) is 10.6. The lowest BCUT2D eigenvalue weighted by atomic mass is 9.77. The smallest absolute Gasteiger partial charge is 0.171 e. The molecule has 0 radical (unpaired) electrons. The summed E-state index contributed by atoms with van der Waals surface area (Å²) in [5.41, 5.74) is 0. The van der Waals surface area contributed by atoms with Crippen molar-refractivity contribution in [1.82, 2.24) is 0 Å². The van der Waals surface area contributed by atoms with Crippen molar-refractivity contribution in [3.8, 4) is 0 Å². The van der Waals surface area contributed by atoms with E-state index in [1.165, 1.54) is 25.7 Å². The number of carbonyl (C=O) groups excluding carboxylic acids is 2. The molecule has 2 rings (SSSR count). The van der Waals surface area contributed by atoms with Crippen LogP contribution >= 0.6 is 0 Å². The summed E-state index contributed by atoms with van der Waals surface area (Å²) in [6, 6.07) is 0. The Morgan fingerprint density at radius 1 is 1.12 bits per heavy atom. The highest BCUT2D eigenvalue weighted by Gasteiger charge is 2.34. The molecule has 2 aliphatic rings. The fraction of sp³-hybridized carbons (Fsp3) is 0.857. The second kappa shape index (κ2) is 5.76. The van der Waals surface area contributed by atoms with Gasteiger partial charge in [0.25, 0.3) is 0 Å². The molecule has 3 nitrogen and oxygen atoms in total. The molecule has 96 valence electrons. The van der Waals surface area contributed by atoms with Gasteiger partial charge < -0.3 is 4.74 Å². The number of hydrogen-bond acceptors (Lipinski definition) is 3. The molecule has 1 aliphatic carbocycles. The molecule has 1 unspecified atom stereocenters. The number of hydrogen-bond donors (Lipinski definition) is 0. The Morgan fingerprint density at radius 3 is 2.29 bits per heavy atom. The zero-order chi connectivity index (χ0) is 12.3. The van der Waals surface area contributed by atoms with Crippen molar-refractivity contribution in [2.24, 2.45) is 11.8 Å². The van der Waals surface area contributed by atoms with Gasteiger partial charge in [-0.1, -0.05) is 19.8 Å². The van der Waals surface area contributed by atoms with E-state index in [9.17, 15) is 9.59 Å². The Morgan fingerprint density at radius 2 is 1.76 bits per heavy atom. The average molecular weight is 238 g/mol. The summed E-state index contributed by atoms with van der Waals surface area (Å²) in [5, 5.41) is 0. The lowest BCUT2D eigenvalue weighted by Crippen LogP contribution is -2.25. The molecule has 0 bridgehead atoms. The molecule has 0 aromatic heterocycles. The van der Waals surface area contributed by atoms with Crippen LogP contribution in [0.25, 0.3) is 0 Å². The molecule has 17 heavy (non-hydrogen) atoms. The first kappa shape index (κ1) is 12.7. The first-order chi connectivity index (χ1) is 8.20. The third-order valence-electron chi connectivity index (χ3n) is 4.04. The van der Waals surface area contributed by atoms with Crippen LogP contribution in [0.2, 0.25) is 0 Å². The van der Waals surface area contributed by atoms with Gasteiger partial charge in [0.2, 0.25) is 0 Å². The summed E-state index contributed by atoms with van der Waals surface area (Å²) < 4.78 is 4.91. The Hall–Kier alpha value is -0.700. The molecule has 1 aliphatic heterocycles. The minimum absolute atomic E-state index is 0.00863. The summed E-state index contributed by atoms with van der Waals surface area (Å²) in [6.45, 7) is 2.74. The maximum atomic E-state index is 11.9. The van der Waals surface area contributed by atoms with Crippen LogP contribution in [0, 0.1) is 11.8 Å². The molecule has 3 heteroatoms. The van der Waals surface area contributed by atoms with Crippen molar-refractivity contribution in [3.63, 3.8) is 0 Å². The molecular weight excluding hydrogens is 216 g/mol. The van der Waals surface area contributed by atoms with E-state index in [1.807, 2.05) is 0 Å². The molecule has 0 N–H and O–H groups in total. The van der Waals surface area contributed by atoms with Crippen molar-refractivity contribution in [2.45, 2.75) is 58.0 Å². The van der Waals surface area contributed by atoms with Gasteiger partial charge in [-0.25, -0.2) is 0 Å². The fourth-order valence-electron chi connectivity index (χ4n) is 2.85. The number of carbonyl (C=O) groups is 2. The van der Waals surface area contributed by atoms with Gasteiger partial charge in [-0.15, -0.1) is 0 Å². The van der Waals surface area contributed by atoms with E-state index in [2.05, 4.69) is 6.92 Å². The van der Waals surface area contributed by atoms with Crippen LogP contribution < -0.4 is 0 Å². The quantitative estimate of drug-likeness (QED) is 0.527. The van der Waals surface area contributed by atoms with E-state index in [0.29, 0.717) is 6.61 Å². The summed E-state index contributed by atoms with van der Waals surface area (Å²) in [5.74, 6) is 1.10. The minimum atomic E-state index is -0.254. The van der Waals surface area contributed by atoms with Crippen molar-refractivity contribution in [2.75, 3.05) is 6.61 Å². The van der Waals surface area contributed by atoms with Crippen molar-refractivity contribution in [3.05, 3.63) is 0 Å². The normalized spacial score (nSPS) is 32.2. The maximum Gasteiger partial charge on any atom is 0.171 e. The summed E-state index contributed by atoms with van der Waals surface area (Å²) in [7, 11) is 0. The van der Waals surface area contributed by atoms with Gasteiger partial charge in [-0.3, -0.25) is 9.59 Å². The van der Waals surface area contributed by atoms with Gasteiger partial charge in [-0.2, -0.15) is 0 Å². The lowest BCUT2D eigenvalue weighted by molar-refractivity contribution is -0.130. The van der Waals surface area contributed by atoms with Gasteiger partial charge in [0.1, 0.15) is 11.9 Å². The van der Waals surface area contributed by atoms with Crippen LogP contribution in [0.4, 0.5) is 0 Å². The van der Waals surface area contributed by atoms with Crippen LogP contribution in [0.3, 0.4) is 0 Å². The minimum Gasteiger partial charge on any atom is -0.365 e. The SMILES string of the molecule is CCCC1CCC(C(=O)CC(=O)C2CO2)CC1. The van der Waals surface area contributed by atoms with E-state index in [0.717, 1.165) is 18.8 Å². The molecule has 2 fully saturated rings. The lowest BCUT2D eigenvalue weighted by Gasteiger charge is -2.27. The number of Topliss-reactive ketones (excluding diaryl/α,β-unsaturated/α-hetero) is 2. The third-order valence-corrected chi connectivity index (χ3v) is 4.04. The largest absolute Gasteiger partial charge is 0.365 e. The zero-order valence-electron chi connectivity index (χ0n) is 10.6. The molecular formula is C14H22O3. The van der Waals surface area contributed by atoms with Crippen molar-refractivity contribution < 1.29 is 14.3 Å². The van der Waals surface area contributed by atoms with Crippen LogP contribution in [-0.2, 0) is 14.3 Å². The first-order valence-corrected chi connectivity index (χ1v) is 6.87. The van der Waals surface area contributed by atoms with E-state index < -0.39 is 0 Å². The highest BCUT2D eigenvalue weighted by molar-refractivity contribution is 6.02. The van der Waals surface area contributed by atoms with E-state index in [1.54, 1.807) is 0 Å². The monoisotopic (exact) mass is 238 g/mol. The topological polar surface area (TPSA) is 46.7 Å². The predicted molar refractivity (Wildman–Crippen MR) is 64.7 cm³/mol. The second-order valence-electron chi connectivity index (χ2n) is 5.44. The molecule has 1 saturated heterocycles. The Kier molecular flexibility index (Phi) is 4.32. The standard InChI is InChI=1S/C14H22O3/c1-2-3-10-4-6-11(7-5-10)12(15)8-13(16)14-9-17-14/h10-11,14H,2-9H2,1H3. The highest BCUT2D eigenvalue weighted by atomic mass is 16.6. The van der Waals surface area contributed by atoms with Gasteiger partial charge >= 0.3 is 0 Å².